The van der Waals surface area contributed by atoms with Crippen molar-refractivity contribution in [3.63, 3.8) is 0 Å². The van der Waals surface area contributed by atoms with E-state index in [-0.39, 0.29) is 11.1 Å². The van der Waals surface area contributed by atoms with E-state index in [2.05, 4.69) is 5.32 Å². The van der Waals surface area contributed by atoms with E-state index < -0.39 is 11.9 Å². The number of carbonyl (C=O) groups excluding carboxylic acids is 2. The van der Waals surface area contributed by atoms with Gasteiger partial charge in [0.1, 0.15) is 6.29 Å². The molecule has 0 aromatic heterocycles. The van der Waals surface area contributed by atoms with Crippen molar-refractivity contribution >= 4 is 23.9 Å². The Kier molecular flexibility index (Phi) is 3.91. The van der Waals surface area contributed by atoms with Gasteiger partial charge in [-0.15, -0.1) is 0 Å². The Morgan fingerprint density at radius 1 is 1.00 bits per heavy atom. The predicted molar refractivity (Wildman–Crippen MR) is 73.2 cm³/mol. The molecule has 0 saturated heterocycles. The van der Waals surface area contributed by atoms with Gasteiger partial charge >= 0.3 is 5.97 Å². The summed E-state index contributed by atoms with van der Waals surface area (Å²) in [6.07, 6.45) is 0.710. The number of amides is 1. The van der Waals surface area contributed by atoms with Crippen LogP contribution in [0.15, 0.2) is 48.5 Å². The van der Waals surface area contributed by atoms with Crippen LogP contribution in [0.4, 0.5) is 5.69 Å². The Morgan fingerprint density at radius 2 is 1.65 bits per heavy atom. The first-order valence-corrected chi connectivity index (χ1v) is 5.80. The lowest BCUT2D eigenvalue weighted by Gasteiger charge is -2.06. The number of hydrogen-bond acceptors (Lipinski definition) is 3. The normalized spacial score (nSPS) is 9.80. The standard InChI is InChI=1S/C15H11NO4/c17-9-10-4-6-13(7-5-10)16-14(18)11-2-1-3-12(8-11)15(19)20/h1-9H,(H,16,18)(H,19,20). The minimum Gasteiger partial charge on any atom is -0.478 e. The zero-order valence-electron chi connectivity index (χ0n) is 10.4. The van der Waals surface area contributed by atoms with Gasteiger partial charge in [-0.3, -0.25) is 9.59 Å². The van der Waals surface area contributed by atoms with Gasteiger partial charge in [-0.1, -0.05) is 6.07 Å². The van der Waals surface area contributed by atoms with E-state index in [1.165, 1.54) is 24.3 Å². The Hall–Kier alpha value is -2.95. The average molecular weight is 269 g/mol. The molecule has 0 unspecified atom stereocenters. The van der Waals surface area contributed by atoms with E-state index in [1.54, 1.807) is 24.3 Å². The molecule has 1 amide bonds. The molecular weight excluding hydrogens is 258 g/mol. The maximum absolute atomic E-state index is 12.0. The third-order valence-corrected chi connectivity index (χ3v) is 2.68. The number of carbonyl (C=O) groups is 3. The molecule has 2 aromatic carbocycles. The largest absolute Gasteiger partial charge is 0.478 e. The molecule has 0 spiro atoms. The summed E-state index contributed by atoms with van der Waals surface area (Å²) < 4.78 is 0. The molecule has 0 radical (unpaired) electrons. The highest BCUT2D eigenvalue weighted by atomic mass is 16.4. The highest BCUT2D eigenvalue weighted by Gasteiger charge is 2.09. The van der Waals surface area contributed by atoms with Gasteiger partial charge in [-0.25, -0.2) is 4.79 Å². The van der Waals surface area contributed by atoms with Crippen LogP contribution in [0.25, 0.3) is 0 Å². The van der Waals surface area contributed by atoms with Crippen molar-refractivity contribution < 1.29 is 19.5 Å². The minimum atomic E-state index is -1.09. The van der Waals surface area contributed by atoms with Crippen LogP contribution in [0.3, 0.4) is 0 Å². The fourth-order valence-corrected chi connectivity index (χ4v) is 1.64. The van der Waals surface area contributed by atoms with Gasteiger partial charge in [0, 0.05) is 16.8 Å². The van der Waals surface area contributed by atoms with Gasteiger partial charge < -0.3 is 10.4 Å². The van der Waals surface area contributed by atoms with Gasteiger partial charge in [0.2, 0.25) is 0 Å². The second-order valence-electron chi connectivity index (χ2n) is 4.08. The van der Waals surface area contributed by atoms with Crippen molar-refractivity contribution in [2.75, 3.05) is 5.32 Å². The Balaban J connectivity index is 2.16. The monoisotopic (exact) mass is 269 g/mol. The summed E-state index contributed by atoms with van der Waals surface area (Å²) in [5.74, 6) is -1.50. The van der Waals surface area contributed by atoms with Gasteiger partial charge in [-0.05, 0) is 42.5 Å². The topological polar surface area (TPSA) is 83.5 Å². The van der Waals surface area contributed by atoms with Crippen molar-refractivity contribution in [1.82, 2.24) is 0 Å². The van der Waals surface area contributed by atoms with E-state index >= 15 is 0 Å². The third-order valence-electron chi connectivity index (χ3n) is 2.68. The van der Waals surface area contributed by atoms with E-state index in [0.29, 0.717) is 17.5 Å². The van der Waals surface area contributed by atoms with E-state index in [0.717, 1.165) is 0 Å². The van der Waals surface area contributed by atoms with Gasteiger partial charge in [0.05, 0.1) is 5.56 Å². The molecular formula is C15H11NO4. The molecule has 0 aliphatic carbocycles. The summed E-state index contributed by atoms with van der Waals surface area (Å²) in [4.78, 5) is 33.3. The Morgan fingerprint density at radius 3 is 2.25 bits per heavy atom. The lowest BCUT2D eigenvalue weighted by Crippen LogP contribution is -2.12. The highest BCUT2D eigenvalue weighted by molar-refractivity contribution is 6.05. The Labute approximate surface area is 114 Å². The maximum atomic E-state index is 12.0. The molecule has 0 heterocycles. The molecule has 5 nitrogen and oxygen atoms in total. The highest BCUT2D eigenvalue weighted by Crippen LogP contribution is 2.12. The number of rotatable bonds is 4. The molecule has 100 valence electrons. The summed E-state index contributed by atoms with van der Waals surface area (Å²) in [6, 6.07) is 12.1. The molecule has 0 saturated carbocycles. The second kappa shape index (κ2) is 5.79. The van der Waals surface area contributed by atoms with Crippen LogP contribution in [0.1, 0.15) is 31.1 Å². The quantitative estimate of drug-likeness (QED) is 0.835. The fraction of sp³-hybridized carbons (Fsp3) is 0. The molecule has 2 rings (SSSR count). The predicted octanol–water partition coefficient (Wildman–Crippen LogP) is 2.45. The SMILES string of the molecule is O=Cc1ccc(NC(=O)c2cccc(C(=O)O)c2)cc1. The molecule has 0 bridgehead atoms. The minimum absolute atomic E-state index is 0.0500. The first-order chi connectivity index (χ1) is 9.60. The van der Waals surface area contributed by atoms with Gasteiger partial charge in [-0.2, -0.15) is 0 Å². The van der Waals surface area contributed by atoms with Crippen LogP contribution in [0, 0.1) is 0 Å². The molecule has 0 aliphatic heterocycles. The lowest BCUT2D eigenvalue weighted by atomic mass is 10.1. The summed E-state index contributed by atoms with van der Waals surface area (Å²) >= 11 is 0. The van der Waals surface area contributed by atoms with Gasteiger partial charge in [0.25, 0.3) is 5.91 Å². The van der Waals surface area contributed by atoms with Crippen LogP contribution in [-0.4, -0.2) is 23.3 Å². The molecule has 2 aromatic rings. The van der Waals surface area contributed by atoms with Crippen molar-refractivity contribution in [1.29, 1.82) is 0 Å². The Bertz CT molecular complexity index is 662. The summed E-state index contributed by atoms with van der Waals surface area (Å²) in [7, 11) is 0. The van der Waals surface area contributed by atoms with E-state index in [9.17, 15) is 14.4 Å². The first kappa shape index (κ1) is 13.5. The molecule has 2 N–H and O–H groups in total. The van der Waals surface area contributed by atoms with Crippen LogP contribution in [-0.2, 0) is 0 Å². The smallest absolute Gasteiger partial charge is 0.335 e. The molecule has 0 aliphatic rings. The molecule has 20 heavy (non-hydrogen) atoms. The fourth-order valence-electron chi connectivity index (χ4n) is 1.64. The molecule has 0 fully saturated rings. The summed E-state index contributed by atoms with van der Waals surface area (Å²) in [5.41, 5.74) is 1.34. The van der Waals surface area contributed by atoms with Crippen molar-refractivity contribution in [3.8, 4) is 0 Å². The maximum Gasteiger partial charge on any atom is 0.335 e. The summed E-state index contributed by atoms with van der Waals surface area (Å²) in [5, 5.41) is 11.5. The second-order valence-corrected chi connectivity index (χ2v) is 4.08. The lowest BCUT2D eigenvalue weighted by molar-refractivity contribution is 0.0696. The third kappa shape index (κ3) is 3.08. The average Bonchev–Trinajstić information content (AvgIpc) is 2.48. The van der Waals surface area contributed by atoms with Gasteiger partial charge in [0.15, 0.2) is 0 Å². The first-order valence-electron chi connectivity index (χ1n) is 5.80. The van der Waals surface area contributed by atoms with E-state index in [1.807, 2.05) is 0 Å². The molecule has 5 heteroatoms. The zero-order valence-corrected chi connectivity index (χ0v) is 10.4. The number of aromatic carboxylic acids is 1. The van der Waals surface area contributed by atoms with E-state index in [4.69, 9.17) is 5.11 Å². The number of benzene rings is 2. The van der Waals surface area contributed by atoms with Crippen molar-refractivity contribution in [2.24, 2.45) is 0 Å². The number of aldehydes is 1. The van der Waals surface area contributed by atoms with Crippen LogP contribution < -0.4 is 5.32 Å². The number of carboxylic acids is 1. The number of nitrogens with one attached hydrogen (secondary N) is 1. The summed E-state index contributed by atoms with van der Waals surface area (Å²) in [6.45, 7) is 0. The van der Waals surface area contributed by atoms with Crippen LogP contribution in [0.5, 0.6) is 0 Å². The van der Waals surface area contributed by atoms with Crippen LogP contribution >= 0.6 is 0 Å². The van der Waals surface area contributed by atoms with Crippen LogP contribution in [0.2, 0.25) is 0 Å². The number of anilines is 1. The zero-order chi connectivity index (χ0) is 14.5. The molecule has 0 atom stereocenters. The van der Waals surface area contributed by atoms with Crippen molar-refractivity contribution in [3.05, 3.63) is 65.2 Å². The number of carboxylic acid groups (broad SMARTS) is 1. The number of hydrogen-bond donors (Lipinski definition) is 2. The van der Waals surface area contributed by atoms with Crippen molar-refractivity contribution in [2.45, 2.75) is 0 Å².